The van der Waals surface area contributed by atoms with Crippen molar-refractivity contribution in [2.24, 2.45) is 0 Å². The predicted molar refractivity (Wildman–Crippen MR) is 129 cm³/mol. The van der Waals surface area contributed by atoms with E-state index in [0.717, 1.165) is 49.1 Å². The van der Waals surface area contributed by atoms with Gasteiger partial charge in [0.2, 0.25) is 5.91 Å². The van der Waals surface area contributed by atoms with Gasteiger partial charge in [0, 0.05) is 57.1 Å². The minimum Gasteiger partial charge on any atom is -0.378 e. The third-order valence-electron chi connectivity index (χ3n) is 5.68. The van der Waals surface area contributed by atoms with Gasteiger partial charge in [0.05, 0.1) is 13.1 Å². The molecule has 2 heterocycles. The van der Waals surface area contributed by atoms with Crippen LogP contribution >= 0.6 is 0 Å². The molecule has 0 saturated carbocycles. The molecule has 0 atom stereocenters. The minimum absolute atomic E-state index is 0.0784. The van der Waals surface area contributed by atoms with Crippen molar-refractivity contribution in [3.63, 3.8) is 0 Å². The first-order valence-electron chi connectivity index (χ1n) is 11.3. The summed E-state index contributed by atoms with van der Waals surface area (Å²) in [5.41, 5.74) is 3.17. The number of imidazole rings is 1. The molecule has 0 bridgehead atoms. The number of aromatic nitrogens is 2. The average molecular weight is 427 g/mol. The zero-order valence-electron chi connectivity index (χ0n) is 20.2. The van der Waals surface area contributed by atoms with Gasteiger partial charge in [0.15, 0.2) is 0 Å². The number of benzene rings is 1. The lowest BCUT2D eigenvalue weighted by atomic mass is 10.1. The number of amides is 1. The van der Waals surface area contributed by atoms with Gasteiger partial charge >= 0.3 is 0 Å². The number of nitrogens with zero attached hydrogens (tertiary/aromatic N) is 5. The van der Waals surface area contributed by atoms with Gasteiger partial charge in [0.25, 0.3) is 0 Å². The number of hydrogen-bond acceptors (Lipinski definition) is 5. The highest BCUT2D eigenvalue weighted by molar-refractivity contribution is 5.78. The Bertz CT molecular complexity index is 890. The number of likely N-dealkylation sites (N-methyl/N-ethyl adjacent to an activating group) is 1. The molecule has 0 unspecified atom stereocenters. The van der Waals surface area contributed by atoms with E-state index in [4.69, 9.17) is 4.98 Å². The molecule has 2 aromatic rings. The zero-order valence-corrected chi connectivity index (χ0v) is 20.2. The van der Waals surface area contributed by atoms with Crippen LogP contribution in [0.5, 0.6) is 0 Å². The van der Waals surface area contributed by atoms with E-state index in [2.05, 4.69) is 64.7 Å². The molecule has 7 nitrogen and oxygen atoms in total. The second-order valence-electron chi connectivity index (χ2n) is 9.47. The second kappa shape index (κ2) is 9.30. The molecule has 0 fully saturated rings. The van der Waals surface area contributed by atoms with Crippen LogP contribution in [0.2, 0.25) is 0 Å². The molecule has 0 radical (unpaired) electrons. The van der Waals surface area contributed by atoms with Crippen LogP contribution in [0.1, 0.15) is 40.4 Å². The SMILES string of the molecule is CCN(CC)C(=O)CN1CCn2c(nc(-c3ccc(N(C)C)cc3)c2NC(C)(C)C)C1. The Morgan fingerprint density at radius 3 is 2.29 bits per heavy atom. The lowest BCUT2D eigenvalue weighted by molar-refractivity contribution is -0.132. The average Bonchev–Trinajstić information content (AvgIpc) is 3.05. The monoisotopic (exact) mass is 426 g/mol. The third kappa shape index (κ3) is 5.39. The maximum Gasteiger partial charge on any atom is 0.236 e. The highest BCUT2D eigenvalue weighted by Gasteiger charge is 2.27. The minimum atomic E-state index is -0.0784. The summed E-state index contributed by atoms with van der Waals surface area (Å²) in [7, 11) is 4.09. The predicted octanol–water partition coefficient (Wildman–Crippen LogP) is 3.51. The topological polar surface area (TPSA) is 56.6 Å². The van der Waals surface area contributed by atoms with Gasteiger partial charge < -0.3 is 19.7 Å². The lowest BCUT2D eigenvalue weighted by Crippen LogP contribution is -2.43. The number of fused-ring (bicyclic) bond motifs is 1. The Morgan fingerprint density at radius 1 is 1.10 bits per heavy atom. The molecule has 3 rings (SSSR count). The second-order valence-corrected chi connectivity index (χ2v) is 9.47. The van der Waals surface area contributed by atoms with Crippen LogP contribution in [0, 0.1) is 0 Å². The van der Waals surface area contributed by atoms with Crippen molar-refractivity contribution in [2.75, 3.05) is 50.5 Å². The molecule has 0 spiro atoms. The van der Waals surface area contributed by atoms with Gasteiger partial charge in [0.1, 0.15) is 17.3 Å². The van der Waals surface area contributed by atoms with Crippen LogP contribution in [0.3, 0.4) is 0 Å². The summed E-state index contributed by atoms with van der Waals surface area (Å²) < 4.78 is 2.29. The van der Waals surface area contributed by atoms with Crippen molar-refractivity contribution in [2.45, 2.75) is 53.2 Å². The maximum absolute atomic E-state index is 12.6. The molecule has 1 N–H and O–H groups in total. The third-order valence-corrected chi connectivity index (χ3v) is 5.68. The van der Waals surface area contributed by atoms with E-state index in [1.807, 2.05) is 32.8 Å². The van der Waals surface area contributed by atoms with E-state index in [1.165, 1.54) is 5.69 Å². The van der Waals surface area contributed by atoms with Gasteiger partial charge in [-0.25, -0.2) is 4.98 Å². The largest absolute Gasteiger partial charge is 0.378 e. The molecule has 170 valence electrons. The lowest BCUT2D eigenvalue weighted by Gasteiger charge is -2.31. The Hall–Kier alpha value is -2.54. The van der Waals surface area contributed by atoms with Crippen molar-refractivity contribution in [1.29, 1.82) is 0 Å². The quantitative estimate of drug-likeness (QED) is 0.734. The summed E-state index contributed by atoms with van der Waals surface area (Å²) in [5, 5.41) is 3.68. The first-order chi connectivity index (χ1) is 14.6. The molecule has 1 amide bonds. The summed E-state index contributed by atoms with van der Waals surface area (Å²) in [4.78, 5) is 23.8. The van der Waals surface area contributed by atoms with Crippen molar-refractivity contribution >= 4 is 17.4 Å². The fraction of sp³-hybridized carbons (Fsp3) is 0.583. The summed E-state index contributed by atoms with van der Waals surface area (Å²) in [6, 6.07) is 8.53. The first kappa shape index (κ1) is 23.1. The van der Waals surface area contributed by atoms with Gasteiger partial charge in [-0.3, -0.25) is 9.69 Å². The van der Waals surface area contributed by atoms with Gasteiger partial charge in [-0.1, -0.05) is 12.1 Å². The maximum atomic E-state index is 12.6. The van der Waals surface area contributed by atoms with E-state index in [9.17, 15) is 4.79 Å². The number of carbonyl (C=O) groups is 1. The molecule has 1 aromatic carbocycles. The van der Waals surface area contributed by atoms with Gasteiger partial charge in [-0.05, 0) is 46.8 Å². The van der Waals surface area contributed by atoms with E-state index < -0.39 is 0 Å². The van der Waals surface area contributed by atoms with Crippen molar-refractivity contribution in [3.05, 3.63) is 30.1 Å². The highest BCUT2D eigenvalue weighted by Crippen LogP contribution is 2.33. The smallest absolute Gasteiger partial charge is 0.236 e. The zero-order chi connectivity index (χ0) is 22.8. The van der Waals surface area contributed by atoms with E-state index >= 15 is 0 Å². The molecule has 1 aliphatic heterocycles. The number of rotatable bonds is 7. The number of nitrogens with one attached hydrogen (secondary N) is 1. The Labute approximate surface area is 187 Å². The summed E-state index contributed by atoms with van der Waals surface area (Å²) in [6.07, 6.45) is 0. The fourth-order valence-corrected chi connectivity index (χ4v) is 3.98. The van der Waals surface area contributed by atoms with Crippen molar-refractivity contribution in [3.8, 4) is 11.3 Å². The Morgan fingerprint density at radius 2 is 1.74 bits per heavy atom. The normalized spacial score (nSPS) is 14.3. The number of hydrogen-bond donors (Lipinski definition) is 1. The van der Waals surface area contributed by atoms with Crippen LogP contribution in [-0.2, 0) is 17.9 Å². The molecular weight excluding hydrogens is 388 g/mol. The molecule has 31 heavy (non-hydrogen) atoms. The van der Waals surface area contributed by atoms with Crippen LogP contribution in [0.25, 0.3) is 11.3 Å². The number of carbonyl (C=O) groups excluding carboxylic acids is 1. The molecule has 0 saturated heterocycles. The molecule has 1 aliphatic rings. The molecular formula is C24H38N6O. The van der Waals surface area contributed by atoms with E-state index in [0.29, 0.717) is 13.1 Å². The van der Waals surface area contributed by atoms with Gasteiger partial charge in [-0.15, -0.1) is 0 Å². The number of anilines is 2. The first-order valence-corrected chi connectivity index (χ1v) is 11.3. The highest BCUT2D eigenvalue weighted by atomic mass is 16.2. The fourth-order valence-electron chi connectivity index (χ4n) is 3.98. The van der Waals surface area contributed by atoms with Crippen LogP contribution in [0.4, 0.5) is 11.5 Å². The van der Waals surface area contributed by atoms with Crippen LogP contribution in [-0.4, -0.2) is 71.1 Å². The summed E-state index contributed by atoms with van der Waals surface area (Å²) in [6.45, 7) is 14.9. The molecule has 1 aromatic heterocycles. The molecule has 0 aliphatic carbocycles. The van der Waals surface area contributed by atoms with Crippen molar-refractivity contribution in [1.82, 2.24) is 19.4 Å². The molecule has 7 heteroatoms. The Balaban J connectivity index is 1.90. The van der Waals surface area contributed by atoms with Crippen LogP contribution in [0.15, 0.2) is 24.3 Å². The standard InChI is InChI=1S/C24H38N6O/c1-8-29(9-2)21(31)17-28-14-15-30-20(16-28)25-22(23(30)26-24(3,4)5)18-10-12-19(13-11-18)27(6)7/h10-13,26H,8-9,14-17H2,1-7H3. The van der Waals surface area contributed by atoms with Gasteiger partial charge in [-0.2, -0.15) is 0 Å². The van der Waals surface area contributed by atoms with E-state index in [1.54, 1.807) is 0 Å². The van der Waals surface area contributed by atoms with E-state index in [-0.39, 0.29) is 11.4 Å². The Kier molecular flexibility index (Phi) is 6.94. The van der Waals surface area contributed by atoms with Crippen molar-refractivity contribution < 1.29 is 4.79 Å². The van der Waals surface area contributed by atoms with Crippen LogP contribution < -0.4 is 10.2 Å². The summed E-state index contributed by atoms with van der Waals surface area (Å²) in [5.74, 6) is 2.27. The summed E-state index contributed by atoms with van der Waals surface area (Å²) >= 11 is 0.